The van der Waals surface area contributed by atoms with Crippen LogP contribution in [0.15, 0.2) is 0 Å². The molecule has 2 saturated heterocycles. The summed E-state index contributed by atoms with van der Waals surface area (Å²) in [7, 11) is -10.4. The fourth-order valence-electron chi connectivity index (χ4n) is 3.77. The Bertz CT molecular complexity index is 1020. The number of ether oxygens (including phenoxy) is 3. The minimum absolute atomic E-state index is 0.694. The van der Waals surface area contributed by atoms with Crippen LogP contribution in [0.2, 0.25) is 0 Å². The van der Waals surface area contributed by atoms with E-state index in [2.05, 4.69) is 19.0 Å². The summed E-state index contributed by atoms with van der Waals surface area (Å²) in [5.74, 6) is -1.52. The molecule has 19 nitrogen and oxygen atoms in total. The van der Waals surface area contributed by atoms with Crippen molar-refractivity contribution in [1.29, 1.82) is 0 Å². The third-order valence-corrected chi connectivity index (χ3v) is 6.09. The third-order valence-electron chi connectivity index (χ3n) is 5.19. The van der Waals surface area contributed by atoms with Crippen molar-refractivity contribution in [2.45, 2.75) is 75.1 Å². The largest absolute Gasteiger partial charge is 0.397 e. The van der Waals surface area contributed by atoms with Gasteiger partial charge < -0.3 is 45.3 Å². The van der Waals surface area contributed by atoms with Crippen molar-refractivity contribution < 1.29 is 78.5 Å². The van der Waals surface area contributed by atoms with Crippen LogP contribution in [0.25, 0.3) is 0 Å². The summed E-state index contributed by atoms with van der Waals surface area (Å²) in [4.78, 5) is 23.2. The van der Waals surface area contributed by atoms with E-state index in [-0.39, 0.29) is 0 Å². The van der Waals surface area contributed by atoms with E-state index in [1.165, 1.54) is 0 Å². The van der Waals surface area contributed by atoms with Crippen molar-refractivity contribution >= 4 is 32.6 Å². The van der Waals surface area contributed by atoms with Gasteiger partial charge in [0.1, 0.15) is 48.7 Å². The number of aliphatic hydroxyl groups excluding tert-OH is 4. The van der Waals surface area contributed by atoms with Crippen LogP contribution in [0.4, 0.5) is 0 Å². The summed E-state index contributed by atoms with van der Waals surface area (Å²) >= 11 is 0. The topological polar surface area (TPSA) is 294 Å². The number of amides is 2. The molecule has 2 rings (SSSR count). The molecule has 0 bridgehead atoms. The Morgan fingerprint density at radius 1 is 0.838 bits per heavy atom. The maximum Gasteiger partial charge on any atom is 0.397 e. The molecule has 8 N–H and O–H groups in total. The first kappa shape index (κ1) is 31.6. The quantitative estimate of drug-likeness (QED) is 0.111. The Labute approximate surface area is 210 Å². The Balaban J connectivity index is 2.43. The fraction of sp³-hybridized carbons (Fsp3) is 0.875. The number of hydrogen-bond acceptors (Lipinski definition) is 15. The molecule has 0 spiro atoms. The minimum atomic E-state index is -5.31. The van der Waals surface area contributed by atoms with Gasteiger partial charge in [0.25, 0.3) is 0 Å². The zero-order chi connectivity index (χ0) is 28.3. The Hall–Kier alpha value is -1.60. The molecule has 0 aromatic rings. The highest BCUT2D eigenvalue weighted by Gasteiger charge is 2.53. The molecule has 2 aliphatic heterocycles. The van der Waals surface area contributed by atoms with Gasteiger partial charge in [0.2, 0.25) is 11.8 Å². The predicted octanol–water partition coefficient (Wildman–Crippen LogP) is -5.46. The number of aliphatic hydroxyl groups is 4. The van der Waals surface area contributed by atoms with E-state index in [4.69, 9.17) is 23.3 Å². The fourth-order valence-corrected chi connectivity index (χ4v) is 4.59. The summed E-state index contributed by atoms with van der Waals surface area (Å²) in [5, 5.41) is 45.6. The Morgan fingerprint density at radius 3 is 1.86 bits per heavy atom. The second-order valence-electron chi connectivity index (χ2n) is 8.03. The van der Waals surface area contributed by atoms with Gasteiger partial charge in [-0.25, -0.2) is 8.37 Å². The van der Waals surface area contributed by atoms with Crippen LogP contribution in [0.1, 0.15) is 13.8 Å². The number of carbonyl (C=O) groups excluding carboxylic acids is 2. The first-order chi connectivity index (χ1) is 16.9. The van der Waals surface area contributed by atoms with Crippen LogP contribution >= 0.6 is 0 Å². The van der Waals surface area contributed by atoms with E-state index in [1.54, 1.807) is 0 Å². The maximum absolute atomic E-state index is 11.8. The van der Waals surface area contributed by atoms with Crippen molar-refractivity contribution in [2.24, 2.45) is 0 Å². The molecule has 0 aromatic heterocycles. The van der Waals surface area contributed by atoms with Gasteiger partial charge in [0, 0.05) is 13.8 Å². The first-order valence-electron chi connectivity index (χ1n) is 10.4. The van der Waals surface area contributed by atoms with Crippen molar-refractivity contribution in [2.75, 3.05) is 13.2 Å². The molecule has 0 aliphatic carbocycles. The number of rotatable bonds is 10. The highest BCUT2D eigenvalue weighted by Crippen LogP contribution is 2.30. The predicted molar refractivity (Wildman–Crippen MR) is 113 cm³/mol. The van der Waals surface area contributed by atoms with Gasteiger partial charge in [-0.05, 0) is 0 Å². The molecule has 0 radical (unpaired) electrons. The van der Waals surface area contributed by atoms with Gasteiger partial charge in [-0.2, -0.15) is 16.8 Å². The van der Waals surface area contributed by atoms with Gasteiger partial charge in [-0.15, -0.1) is 0 Å². The second kappa shape index (κ2) is 12.5. The highest BCUT2D eigenvalue weighted by atomic mass is 32.3. The molecular weight excluding hydrogens is 556 g/mol. The molecule has 216 valence electrons. The molecule has 37 heavy (non-hydrogen) atoms. The van der Waals surface area contributed by atoms with Crippen molar-refractivity contribution in [3.05, 3.63) is 0 Å². The number of nitrogens with one attached hydrogen (secondary N) is 2. The van der Waals surface area contributed by atoms with Gasteiger partial charge in [0.05, 0.1) is 13.2 Å². The van der Waals surface area contributed by atoms with Gasteiger partial charge in [0.15, 0.2) is 12.6 Å². The number of hydrogen-bond donors (Lipinski definition) is 8. The van der Waals surface area contributed by atoms with Crippen LogP contribution in [-0.4, -0.2) is 133 Å². The van der Waals surface area contributed by atoms with E-state index in [9.17, 15) is 46.9 Å². The van der Waals surface area contributed by atoms with E-state index >= 15 is 0 Å². The first-order valence-corrected chi connectivity index (χ1v) is 13.1. The summed E-state index contributed by atoms with van der Waals surface area (Å²) in [5.41, 5.74) is 0. The molecule has 2 amide bonds. The van der Waals surface area contributed by atoms with Crippen molar-refractivity contribution in [3.63, 3.8) is 0 Å². The van der Waals surface area contributed by atoms with Crippen molar-refractivity contribution in [1.82, 2.24) is 10.6 Å². The summed E-state index contributed by atoms with van der Waals surface area (Å²) in [6.45, 7) is -0.0250. The smallest absolute Gasteiger partial charge is 0.394 e. The van der Waals surface area contributed by atoms with Gasteiger partial charge in [-0.3, -0.25) is 18.7 Å². The third kappa shape index (κ3) is 8.98. The Morgan fingerprint density at radius 2 is 1.38 bits per heavy atom. The van der Waals surface area contributed by atoms with E-state index < -0.39 is 107 Å². The molecule has 0 saturated carbocycles. The molecular formula is C16H28N2O17S2. The monoisotopic (exact) mass is 584 g/mol. The number of carbonyl (C=O) groups is 2. The van der Waals surface area contributed by atoms with Gasteiger partial charge in [-0.1, -0.05) is 0 Å². The lowest BCUT2D eigenvalue weighted by molar-refractivity contribution is -0.325. The van der Waals surface area contributed by atoms with Crippen LogP contribution < -0.4 is 10.6 Å². The van der Waals surface area contributed by atoms with Crippen LogP contribution in [0, 0.1) is 0 Å². The average Bonchev–Trinajstić information content (AvgIpc) is 2.74. The zero-order valence-electron chi connectivity index (χ0n) is 19.2. The standard InChI is InChI=1S/C16H28N2O17S2/c1-5(20)17-9-11(22)13(7(3-19)32-15(9)24)34-16-10(18-6(2)21)12(23)14(35-37(28,29)30)8(33-16)4-31-36(25,26)27/h7-16,19,22-24H,3-4H2,1-2H3,(H,17,20)(H,18,21)(H,25,26,27)(H,28,29,30)/t7-,8-,9-,10-,11-,12-,13-,14+,15-,16+/m1/s1. The van der Waals surface area contributed by atoms with E-state index in [0.29, 0.717) is 0 Å². The van der Waals surface area contributed by atoms with Crippen molar-refractivity contribution in [3.8, 4) is 0 Å². The molecule has 2 fully saturated rings. The lowest BCUT2D eigenvalue weighted by Gasteiger charge is -2.47. The maximum atomic E-state index is 11.8. The molecule has 2 aliphatic rings. The normalized spacial score (nSPS) is 37.1. The molecule has 2 heterocycles. The highest BCUT2D eigenvalue weighted by molar-refractivity contribution is 7.81. The van der Waals surface area contributed by atoms with Crippen LogP contribution in [0.5, 0.6) is 0 Å². The summed E-state index contributed by atoms with van der Waals surface area (Å²) in [6, 6.07) is -3.23. The lowest BCUT2D eigenvalue weighted by Crippen LogP contribution is -2.69. The van der Waals surface area contributed by atoms with E-state index in [1.807, 2.05) is 0 Å². The van der Waals surface area contributed by atoms with Gasteiger partial charge >= 0.3 is 20.8 Å². The Kier molecular flexibility index (Phi) is 10.7. The summed E-state index contributed by atoms with van der Waals surface area (Å²) < 4.78 is 87.2. The minimum Gasteiger partial charge on any atom is -0.394 e. The average molecular weight is 585 g/mol. The van der Waals surface area contributed by atoms with Crippen LogP contribution in [-0.2, 0) is 53.0 Å². The zero-order valence-corrected chi connectivity index (χ0v) is 20.8. The summed E-state index contributed by atoms with van der Waals surface area (Å²) in [6.07, 6.45) is -14.8. The molecule has 0 aromatic carbocycles. The molecule has 21 heteroatoms. The SMILES string of the molecule is CC(=O)N[C@@H]1[C@@H](O)[C@H](O[C@@H]2O[C@H](COS(=O)(=O)O)[C@H](OS(=O)(=O)O)[C@H](O)[C@H]2NC(C)=O)[C@@H](CO)O[C@H]1O. The van der Waals surface area contributed by atoms with Crippen LogP contribution in [0.3, 0.4) is 0 Å². The van der Waals surface area contributed by atoms with E-state index in [0.717, 1.165) is 13.8 Å². The lowest BCUT2D eigenvalue weighted by atomic mass is 9.94. The second-order valence-corrected chi connectivity index (χ2v) is 10.2. The molecule has 0 unspecified atom stereocenters. The molecule has 10 atom stereocenters.